The van der Waals surface area contributed by atoms with Gasteiger partial charge in [0.25, 0.3) is 0 Å². The summed E-state index contributed by atoms with van der Waals surface area (Å²) < 4.78 is 4.81. The van der Waals surface area contributed by atoms with Crippen molar-refractivity contribution in [1.29, 1.82) is 0 Å². The summed E-state index contributed by atoms with van der Waals surface area (Å²) in [7, 11) is 0. The van der Waals surface area contributed by atoms with Crippen molar-refractivity contribution >= 4 is 71.4 Å². The van der Waals surface area contributed by atoms with Crippen molar-refractivity contribution in [3.8, 4) is 11.4 Å². The molecule has 0 aliphatic rings. The van der Waals surface area contributed by atoms with Crippen molar-refractivity contribution < 1.29 is 0 Å². The van der Waals surface area contributed by atoms with Crippen molar-refractivity contribution in [2.45, 2.75) is 0 Å². The summed E-state index contributed by atoms with van der Waals surface area (Å²) >= 11 is 0. The fraction of sp³-hybridized carbons (Fsp3) is 0. The molecule has 2 aromatic heterocycles. The van der Waals surface area contributed by atoms with Crippen LogP contribution in [0.5, 0.6) is 0 Å². The van der Waals surface area contributed by atoms with Gasteiger partial charge in [0, 0.05) is 50.0 Å². The van der Waals surface area contributed by atoms with Crippen LogP contribution < -0.4 is 4.90 Å². The van der Waals surface area contributed by atoms with Gasteiger partial charge < -0.3 is 14.0 Å². The average molecular weight is 626 g/mol. The van der Waals surface area contributed by atoms with Gasteiger partial charge in [-0.05, 0) is 108 Å². The zero-order valence-electron chi connectivity index (χ0n) is 26.7. The molecule has 0 N–H and O–H groups in total. The van der Waals surface area contributed by atoms with Crippen molar-refractivity contribution in [2.24, 2.45) is 0 Å². The van der Waals surface area contributed by atoms with Crippen LogP contribution >= 0.6 is 0 Å². The molecule has 230 valence electrons. The largest absolute Gasteiger partial charge is 0.311 e. The molecule has 10 rings (SSSR count). The Hall–Kier alpha value is -6.58. The lowest BCUT2D eigenvalue weighted by molar-refractivity contribution is 1.17. The Kier molecular flexibility index (Phi) is 6.18. The molecule has 2 heterocycles. The summed E-state index contributed by atoms with van der Waals surface area (Å²) in [5.41, 5.74) is 10.5. The SMILES string of the molecule is c1ccc(N(c2ccccc2)c2ccc(-n3c4ccccc4c4cc5cc6c(cc5cc43)c3ccccc3n6-c3ccccc3)cc2)cc1. The van der Waals surface area contributed by atoms with E-state index in [1.807, 2.05) is 0 Å². The van der Waals surface area contributed by atoms with Gasteiger partial charge in [-0.1, -0.05) is 91.0 Å². The molecule has 0 radical (unpaired) electrons. The Labute approximate surface area is 284 Å². The van der Waals surface area contributed by atoms with E-state index >= 15 is 0 Å². The third-order valence-electron chi connectivity index (χ3n) is 9.83. The predicted molar refractivity (Wildman–Crippen MR) is 207 cm³/mol. The topological polar surface area (TPSA) is 13.1 Å². The van der Waals surface area contributed by atoms with E-state index < -0.39 is 0 Å². The fourth-order valence-electron chi connectivity index (χ4n) is 7.66. The maximum absolute atomic E-state index is 2.42. The van der Waals surface area contributed by atoms with E-state index in [9.17, 15) is 0 Å². The Morgan fingerprint density at radius 2 is 0.673 bits per heavy atom. The molecule has 0 fully saturated rings. The third kappa shape index (κ3) is 4.37. The first-order valence-electron chi connectivity index (χ1n) is 16.8. The number of nitrogens with zero attached hydrogens (tertiary/aromatic N) is 3. The van der Waals surface area contributed by atoms with Crippen LogP contribution in [0.2, 0.25) is 0 Å². The molecule has 0 saturated carbocycles. The number of anilines is 3. The molecule has 0 amide bonds. The molecular formula is C46H31N3. The molecule has 0 atom stereocenters. The highest BCUT2D eigenvalue weighted by atomic mass is 15.1. The van der Waals surface area contributed by atoms with Gasteiger partial charge in [-0.3, -0.25) is 0 Å². The van der Waals surface area contributed by atoms with Gasteiger partial charge in [0.05, 0.1) is 22.1 Å². The molecule has 0 saturated heterocycles. The lowest BCUT2D eigenvalue weighted by Gasteiger charge is -2.25. The number of hydrogen-bond donors (Lipinski definition) is 0. The van der Waals surface area contributed by atoms with E-state index in [-0.39, 0.29) is 0 Å². The van der Waals surface area contributed by atoms with E-state index in [1.165, 1.54) is 60.1 Å². The van der Waals surface area contributed by atoms with Gasteiger partial charge >= 0.3 is 0 Å². The third-order valence-corrected chi connectivity index (χ3v) is 9.83. The minimum atomic E-state index is 1.12. The van der Waals surface area contributed by atoms with Gasteiger partial charge in [0.2, 0.25) is 0 Å². The summed E-state index contributed by atoms with van der Waals surface area (Å²) in [6.45, 7) is 0. The van der Waals surface area contributed by atoms with Crippen LogP contribution in [0.4, 0.5) is 17.1 Å². The summed E-state index contributed by atoms with van der Waals surface area (Å²) in [5.74, 6) is 0. The monoisotopic (exact) mass is 625 g/mol. The highest BCUT2D eigenvalue weighted by Crippen LogP contribution is 2.40. The number of benzene rings is 8. The van der Waals surface area contributed by atoms with Crippen molar-refractivity contribution in [2.75, 3.05) is 4.90 Å². The summed E-state index contributed by atoms with van der Waals surface area (Å²) in [4.78, 5) is 2.31. The van der Waals surface area contributed by atoms with Crippen LogP contribution in [0, 0.1) is 0 Å². The molecular weight excluding hydrogens is 595 g/mol. The molecule has 0 aliphatic carbocycles. The highest BCUT2D eigenvalue weighted by molar-refractivity contribution is 6.18. The molecule has 10 aromatic rings. The number of fused-ring (bicyclic) bond motifs is 7. The van der Waals surface area contributed by atoms with Crippen molar-refractivity contribution in [3.63, 3.8) is 0 Å². The second kappa shape index (κ2) is 11.0. The van der Waals surface area contributed by atoms with Crippen LogP contribution in [0.1, 0.15) is 0 Å². The number of rotatable bonds is 5. The van der Waals surface area contributed by atoms with E-state index in [0.717, 1.165) is 22.7 Å². The van der Waals surface area contributed by atoms with Crippen LogP contribution in [-0.4, -0.2) is 9.13 Å². The summed E-state index contributed by atoms with van der Waals surface area (Å²) in [6.07, 6.45) is 0. The first kappa shape index (κ1) is 27.5. The van der Waals surface area contributed by atoms with Gasteiger partial charge in [-0.25, -0.2) is 0 Å². The number of hydrogen-bond acceptors (Lipinski definition) is 1. The molecule has 3 nitrogen and oxygen atoms in total. The Morgan fingerprint density at radius 1 is 0.286 bits per heavy atom. The lowest BCUT2D eigenvalue weighted by atomic mass is 10.0. The minimum Gasteiger partial charge on any atom is -0.311 e. The number of para-hydroxylation sites is 5. The van der Waals surface area contributed by atoms with Crippen molar-refractivity contribution in [3.05, 3.63) is 188 Å². The molecule has 49 heavy (non-hydrogen) atoms. The quantitative estimate of drug-likeness (QED) is 0.185. The van der Waals surface area contributed by atoms with Gasteiger partial charge in [-0.15, -0.1) is 0 Å². The van der Waals surface area contributed by atoms with Crippen LogP contribution in [-0.2, 0) is 0 Å². The number of aromatic nitrogens is 2. The zero-order valence-corrected chi connectivity index (χ0v) is 26.7. The van der Waals surface area contributed by atoms with Gasteiger partial charge in [0.1, 0.15) is 0 Å². The van der Waals surface area contributed by atoms with Crippen LogP contribution in [0.3, 0.4) is 0 Å². The highest BCUT2D eigenvalue weighted by Gasteiger charge is 2.18. The predicted octanol–water partition coefficient (Wildman–Crippen LogP) is 12.5. The van der Waals surface area contributed by atoms with Crippen LogP contribution in [0.15, 0.2) is 188 Å². The standard InChI is InChI=1S/C46H31N3/c1-4-14-34(15-5-1)47(35-16-6-2-7-17-35)37-24-26-38(27-25-37)49-44-23-13-11-21-40(44)42-29-32-30-45-41(28-33(32)31-46(42)49)39-20-10-12-22-43(39)48(45)36-18-8-3-9-19-36/h1-31H. The molecule has 0 aliphatic heterocycles. The zero-order chi connectivity index (χ0) is 32.3. The Morgan fingerprint density at radius 3 is 1.16 bits per heavy atom. The fourth-order valence-corrected chi connectivity index (χ4v) is 7.66. The van der Waals surface area contributed by atoms with Crippen LogP contribution in [0.25, 0.3) is 65.8 Å². The maximum Gasteiger partial charge on any atom is 0.0547 e. The minimum absolute atomic E-state index is 1.12. The Bertz CT molecular complexity index is 2750. The first-order valence-corrected chi connectivity index (χ1v) is 16.8. The summed E-state index contributed by atoms with van der Waals surface area (Å²) in [6, 6.07) is 67.8. The molecule has 0 bridgehead atoms. The smallest absolute Gasteiger partial charge is 0.0547 e. The molecule has 0 spiro atoms. The van der Waals surface area contributed by atoms with E-state index in [1.54, 1.807) is 0 Å². The summed E-state index contributed by atoms with van der Waals surface area (Å²) in [5, 5.41) is 7.50. The maximum atomic E-state index is 2.42. The first-order chi connectivity index (χ1) is 24.3. The molecule has 3 heteroatoms. The van der Waals surface area contributed by atoms with E-state index in [4.69, 9.17) is 0 Å². The molecule has 8 aromatic carbocycles. The second-order valence-electron chi connectivity index (χ2n) is 12.6. The molecule has 0 unspecified atom stereocenters. The van der Waals surface area contributed by atoms with Gasteiger partial charge in [0.15, 0.2) is 0 Å². The lowest BCUT2D eigenvalue weighted by Crippen LogP contribution is -2.09. The second-order valence-corrected chi connectivity index (χ2v) is 12.6. The van der Waals surface area contributed by atoms with E-state index in [2.05, 4.69) is 202 Å². The average Bonchev–Trinajstić information content (AvgIpc) is 3.66. The van der Waals surface area contributed by atoms with E-state index in [0.29, 0.717) is 0 Å². The normalized spacial score (nSPS) is 11.7. The Balaban J connectivity index is 1.18. The van der Waals surface area contributed by atoms with Gasteiger partial charge in [-0.2, -0.15) is 0 Å². The van der Waals surface area contributed by atoms with Crippen molar-refractivity contribution in [1.82, 2.24) is 9.13 Å².